The molecule has 84 valence electrons. The van der Waals surface area contributed by atoms with Gasteiger partial charge in [0.1, 0.15) is 0 Å². The minimum atomic E-state index is -0.833. The van der Waals surface area contributed by atoms with E-state index in [0.29, 0.717) is 5.54 Å². The van der Waals surface area contributed by atoms with Crippen molar-refractivity contribution in [3.8, 4) is 0 Å². The van der Waals surface area contributed by atoms with Gasteiger partial charge in [-0.05, 0) is 46.7 Å². The van der Waals surface area contributed by atoms with Crippen molar-refractivity contribution in [3.05, 3.63) is 0 Å². The minimum absolute atomic E-state index is 0.403. The Hall–Kier alpha value is -0.570. The van der Waals surface area contributed by atoms with Crippen LogP contribution in [0, 0.1) is 0 Å². The average Bonchev–Trinajstić information content (AvgIpc) is 2.03. The van der Waals surface area contributed by atoms with E-state index in [4.69, 9.17) is 9.90 Å². The molecule has 3 nitrogen and oxygen atoms in total. The normalized spacial score (nSPS) is 18.3. The van der Waals surface area contributed by atoms with Crippen LogP contribution in [-0.4, -0.2) is 34.6 Å². The van der Waals surface area contributed by atoms with Gasteiger partial charge < -0.3 is 5.11 Å². The highest BCUT2D eigenvalue weighted by atomic mass is 16.4. The Kier molecular flexibility index (Phi) is 5.77. The van der Waals surface area contributed by atoms with Crippen LogP contribution in [0.4, 0.5) is 0 Å². The maximum atomic E-state index is 9.00. The molecule has 0 unspecified atom stereocenters. The first-order valence-electron chi connectivity index (χ1n) is 5.28. The van der Waals surface area contributed by atoms with E-state index < -0.39 is 5.97 Å². The highest BCUT2D eigenvalue weighted by Gasteiger charge is 2.21. The van der Waals surface area contributed by atoms with Crippen LogP contribution in [0.2, 0.25) is 0 Å². The van der Waals surface area contributed by atoms with E-state index in [0.717, 1.165) is 6.92 Å². The lowest BCUT2D eigenvalue weighted by atomic mass is 10.0. The lowest BCUT2D eigenvalue weighted by Gasteiger charge is -2.38. The molecule has 0 spiro atoms. The van der Waals surface area contributed by atoms with Gasteiger partial charge in [0.15, 0.2) is 0 Å². The maximum Gasteiger partial charge on any atom is 0.300 e. The summed E-state index contributed by atoms with van der Waals surface area (Å²) in [7, 11) is 0. The zero-order chi connectivity index (χ0) is 11.2. The van der Waals surface area contributed by atoms with Crippen LogP contribution >= 0.6 is 0 Å². The summed E-state index contributed by atoms with van der Waals surface area (Å²) in [5.41, 5.74) is 0.403. The number of likely N-dealkylation sites (tertiary alicyclic amines) is 1. The van der Waals surface area contributed by atoms with Gasteiger partial charge in [0.25, 0.3) is 5.97 Å². The molecule has 1 N–H and O–H groups in total. The molecule has 0 aromatic carbocycles. The first-order valence-corrected chi connectivity index (χ1v) is 5.28. The molecule has 0 aromatic rings. The number of aliphatic carboxylic acids is 1. The van der Waals surface area contributed by atoms with Gasteiger partial charge in [-0.25, -0.2) is 0 Å². The maximum absolute atomic E-state index is 9.00. The number of rotatable bonds is 0. The molecule has 1 fully saturated rings. The summed E-state index contributed by atoms with van der Waals surface area (Å²) in [6, 6.07) is 0. The van der Waals surface area contributed by atoms with Crippen LogP contribution in [0.15, 0.2) is 0 Å². The molecule has 1 saturated heterocycles. The summed E-state index contributed by atoms with van der Waals surface area (Å²) in [5, 5.41) is 7.42. The van der Waals surface area contributed by atoms with Crippen LogP contribution in [0.1, 0.15) is 47.0 Å². The number of carboxylic acid groups (broad SMARTS) is 1. The Labute approximate surface area is 87.1 Å². The Morgan fingerprint density at radius 1 is 1.14 bits per heavy atom. The molecule has 0 aliphatic carbocycles. The number of piperidine rings is 1. The standard InChI is InChI=1S/C9H19N.C2H4O2/c1-9(2,3)10-7-5-4-6-8-10;1-2(3)4/h4-8H2,1-3H3;1H3,(H,3,4). The second-order valence-corrected chi connectivity index (χ2v) is 4.74. The number of carbonyl (C=O) groups is 1. The Morgan fingerprint density at radius 2 is 1.50 bits per heavy atom. The van der Waals surface area contributed by atoms with Crippen LogP contribution in [0.3, 0.4) is 0 Å². The molecule has 0 saturated carbocycles. The van der Waals surface area contributed by atoms with Crippen molar-refractivity contribution < 1.29 is 9.90 Å². The lowest BCUT2D eigenvalue weighted by Crippen LogP contribution is -2.44. The first-order chi connectivity index (χ1) is 6.34. The van der Waals surface area contributed by atoms with Gasteiger partial charge in [-0.15, -0.1) is 0 Å². The molecule has 0 bridgehead atoms. The predicted octanol–water partition coefficient (Wildman–Crippen LogP) is 2.36. The zero-order valence-corrected chi connectivity index (χ0v) is 9.84. The lowest BCUT2D eigenvalue weighted by molar-refractivity contribution is -0.134. The van der Waals surface area contributed by atoms with Gasteiger partial charge in [0, 0.05) is 12.5 Å². The number of hydrogen-bond donors (Lipinski definition) is 1. The van der Waals surface area contributed by atoms with Crippen LogP contribution in [0.5, 0.6) is 0 Å². The predicted molar refractivity (Wildman–Crippen MR) is 58.5 cm³/mol. The molecule has 0 radical (unpaired) electrons. The van der Waals surface area contributed by atoms with E-state index in [1.54, 1.807) is 0 Å². The van der Waals surface area contributed by atoms with E-state index in [2.05, 4.69) is 25.7 Å². The first kappa shape index (κ1) is 13.4. The molecule has 14 heavy (non-hydrogen) atoms. The average molecular weight is 201 g/mol. The number of hydrogen-bond acceptors (Lipinski definition) is 2. The van der Waals surface area contributed by atoms with Crippen molar-refractivity contribution >= 4 is 5.97 Å². The van der Waals surface area contributed by atoms with Gasteiger partial charge in [-0.3, -0.25) is 9.69 Å². The fourth-order valence-corrected chi connectivity index (χ4v) is 1.56. The molecule has 1 aliphatic rings. The zero-order valence-electron chi connectivity index (χ0n) is 9.84. The molecular weight excluding hydrogens is 178 g/mol. The van der Waals surface area contributed by atoms with E-state index in [-0.39, 0.29) is 0 Å². The van der Waals surface area contributed by atoms with Gasteiger partial charge >= 0.3 is 0 Å². The second kappa shape index (κ2) is 6.02. The second-order valence-electron chi connectivity index (χ2n) is 4.74. The molecular formula is C11H23NO2. The van der Waals surface area contributed by atoms with Gasteiger partial charge in [-0.1, -0.05) is 6.42 Å². The van der Waals surface area contributed by atoms with Crippen molar-refractivity contribution in [3.63, 3.8) is 0 Å². The summed E-state index contributed by atoms with van der Waals surface area (Å²) in [4.78, 5) is 11.6. The Bertz CT molecular complexity index is 163. The van der Waals surface area contributed by atoms with Crippen LogP contribution < -0.4 is 0 Å². The van der Waals surface area contributed by atoms with Crippen molar-refractivity contribution in [1.82, 2.24) is 4.90 Å². The van der Waals surface area contributed by atoms with E-state index in [1.165, 1.54) is 32.4 Å². The van der Waals surface area contributed by atoms with Crippen molar-refractivity contribution in [2.75, 3.05) is 13.1 Å². The van der Waals surface area contributed by atoms with Crippen molar-refractivity contribution in [2.45, 2.75) is 52.5 Å². The molecule has 0 amide bonds. The summed E-state index contributed by atoms with van der Waals surface area (Å²) < 4.78 is 0. The number of carboxylic acids is 1. The molecule has 1 aliphatic heterocycles. The fraction of sp³-hybridized carbons (Fsp3) is 0.909. The van der Waals surface area contributed by atoms with Crippen LogP contribution in [-0.2, 0) is 4.79 Å². The van der Waals surface area contributed by atoms with Crippen molar-refractivity contribution in [1.29, 1.82) is 0 Å². The highest BCUT2D eigenvalue weighted by molar-refractivity contribution is 5.62. The van der Waals surface area contributed by atoms with Gasteiger partial charge in [-0.2, -0.15) is 0 Å². The van der Waals surface area contributed by atoms with E-state index in [1.807, 2.05) is 0 Å². The Balaban J connectivity index is 0.000000364. The summed E-state index contributed by atoms with van der Waals surface area (Å²) in [6.07, 6.45) is 4.24. The largest absolute Gasteiger partial charge is 0.481 e. The van der Waals surface area contributed by atoms with Gasteiger partial charge in [0.05, 0.1) is 0 Å². The fourth-order valence-electron chi connectivity index (χ4n) is 1.56. The third kappa shape index (κ3) is 6.89. The third-order valence-electron chi connectivity index (χ3n) is 2.30. The monoisotopic (exact) mass is 201 g/mol. The quantitative estimate of drug-likeness (QED) is 0.654. The molecule has 1 heterocycles. The molecule has 1 rings (SSSR count). The van der Waals surface area contributed by atoms with Crippen LogP contribution in [0.25, 0.3) is 0 Å². The molecule has 0 aromatic heterocycles. The topological polar surface area (TPSA) is 40.5 Å². The molecule has 3 heteroatoms. The summed E-state index contributed by atoms with van der Waals surface area (Å²) in [5.74, 6) is -0.833. The molecule has 0 atom stereocenters. The van der Waals surface area contributed by atoms with E-state index in [9.17, 15) is 0 Å². The summed E-state index contributed by atoms with van der Waals surface area (Å²) >= 11 is 0. The third-order valence-corrected chi connectivity index (χ3v) is 2.30. The summed E-state index contributed by atoms with van der Waals surface area (Å²) in [6.45, 7) is 10.6. The van der Waals surface area contributed by atoms with E-state index >= 15 is 0 Å². The minimum Gasteiger partial charge on any atom is -0.481 e. The Morgan fingerprint density at radius 3 is 1.71 bits per heavy atom. The SMILES string of the molecule is CC(=O)O.CC(C)(C)N1CCCCC1. The number of nitrogens with zero attached hydrogens (tertiary/aromatic N) is 1. The smallest absolute Gasteiger partial charge is 0.300 e. The van der Waals surface area contributed by atoms with Gasteiger partial charge in [0.2, 0.25) is 0 Å². The van der Waals surface area contributed by atoms with Crippen molar-refractivity contribution in [2.24, 2.45) is 0 Å². The highest BCUT2D eigenvalue weighted by Crippen LogP contribution is 2.18.